The van der Waals surface area contributed by atoms with E-state index in [0.29, 0.717) is 31.1 Å². The lowest BCUT2D eigenvalue weighted by molar-refractivity contribution is 0.266. The van der Waals surface area contributed by atoms with Crippen molar-refractivity contribution in [1.29, 1.82) is 0 Å². The van der Waals surface area contributed by atoms with E-state index in [-0.39, 0.29) is 12.4 Å². The third-order valence-corrected chi connectivity index (χ3v) is 4.99. The molecule has 31 heavy (non-hydrogen) atoms. The number of aryl methyl sites for hydroxylation is 2. The number of hydrogen-bond acceptors (Lipinski definition) is 3. The molecule has 162 valence electrons. The van der Waals surface area contributed by atoms with E-state index in [9.17, 15) is 4.39 Å². The summed E-state index contributed by atoms with van der Waals surface area (Å²) in [6, 6.07) is 16.9. The van der Waals surface area contributed by atoms with Crippen LogP contribution in [0.1, 0.15) is 34.7 Å². The van der Waals surface area contributed by atoms with E-state index in [1.807, 2.05) is 25.1 Å². The van der Waals surface area contributed by atoms with Crippen molar-refractivity contribution >= 4 is 5.69 Å². The first kappa shape index (κ1) is 22.4. The fourth-order valence-corrected chi connectivity index (χ4v) is 3.55. The van der Waals surface area contributed by atoms with Gasteiger partial charge in [0.25, 0.3) is 0 Å². The Morgan fingerprint density at radius 1 is 1.00 bits per heavy atom. The van der Waals surface area contributed by atoms with Crippen molar-refractivity contribution in [2.75, 3.05) is 11.9 Å². The topological polar surface area (TPSA) is 30.5 Å². The Hall–Kier alpha value is -3.27. The molecule has 3 aromatic rings. The van der Waals surface area contributed by atoms with Gasteiger partial charge < -0.3 is 14.8 Å². The Kier molecular flexibility index (Phi) is 7.71. The molecule has 0 spiro atoms. The summed E-state index contributed by atoms with van der Waals surface area (Å²) in [5, 5.41) is 3.51. The van der Waals surface area contributed by atoms with Gasteiger partial charge in [0.05, 0.1) is 6.61 Å². The van der Waals surface area contributed by atoms with E-state index in [1.54, 1.807) is 6.07 Å². The minimum atomic E-state index is -0.273. The van der Waals surface area contributed by atoms with Crippen LogP contribution < -0.4 is 14.8 Å². The van der Waals surface area contributed by atoms with Gasteiger partial charge in [0.2, 0.25) is 0 Å². The minimum Gasteiger partial charge on any atom is -0.490 e. The summed E-state index contributed by atoms with van der Waals surface area (Å²) in [6.45, 7) is 11.5. The molecule has 0 saturated carbocycles. The summed E-state index contributed by atoms with van der Waals surface area (Å²) in [6.07, 6.45) is 2.50. The van der Waals surface area contributed by atoms with E-state index in [1.165, 1.54) is 23.3 Å². The monoisotopic (exact) mass is 419 g/mol. The highest BCUT2D eigenvalue weighted by Gasteiger charge is 2.14. The molecule has 0 unspecified atom stereocenters. The zero-order valence-corrected chi connectivity index (χ0v) is 18.5. The van der Waals surface area contributed by atoms with E-state index >= 15 is 0 Å². The van der Waals surface area contributed by atoms with Crippen molar-refractivity contribution in [1.82, 2.24) is 0 Å². The molecule has 0 atom stereocenters. The van der Waals surface area contributed by atoms with E-state index in [2.05, 4.69) is 50.0 Å². The predicted molar refractivity (Wildman–Crippen MR) is 125 cm³/mol. The highest BCUT2D eigenvalue weighted by Crippen LogP contribution is 2.35. The van der Waals surface area contributed by atoms with Gasteiger partial charge in [0.1, 0.15) is 12.4 Å². The zero-order chi connectivity index (χ0) is 22.2. The Morgan fingerprint density at radius 2 is 1.84 bits per heavy atom. The summed E-state index contributed by atoms with van der Waals surface area (Å²) in [7, 11) is 0. The van der Waals surface area contributed by atoms with Crippen molar-refractivity contribution in [3.63, 3.8) is 0 Å². The lowest BCUT2D eigenvalue weighted by atomic mass is 10.0. The van der Waals surface area contributed by atoms with E-state index < -0.39 is 0 Å². The first-order chi connectivity index (χ1) is 15.0. The Balaban J connectivity index is 1.85. The molecule has 0 aromatic heterocycles. The van der Waals surface area contributed by atoms with Gasteiger partial charge in [-0.05, 0) is 74.2 Å². The second-order valence-corrected chi connectivity index (χ2v) is 7.60. The molecule has 0 aliphatic heterocycles. The van der Waals surface area contributed by atoms with Crippen molar-refractivity contribution in [3.8, 4) is 11.5 Å². The lowest BCUT2D eigenvalue weighted by Gasteiger charge is -2.18. The van der Waals surface area contributed by atoms with Gasteiger partial charge in [-0.2, -0.15) is 0 Å². The highest BCUT2D eigenvalue weighted by molar-refractivity contribution is 5.54. The predicted octanol–water partition coefficient (Wildman–Crippen LogP) is 6.76. The number of nitrogens with one attached hydrogen (secondary N) is 1. The molecule has 0 bridgehead atoms. The molecule has 0 amide bonds. The molecule has 3 rings (SSSR count). The number of ether oxygens (including phenoxy) is 2. The zero-order valence-electron chi connectivity index (χ0n) is 18.5. The summed E-state index contributed by atoms with van der Waals surface area (Å²) < 4.78 is 25.5. The molecule has 0 aliphatic rings. The lowest BCUT2D eigenvalue weighted by Crippen LogP contribution is -2.06. The fourth-order valence-electron chi connectivity index (χ4n) is 3.55. The Morgan fingerprint density at radius 3 is 2.55 bits per heavy atom. The molecule has 3 nitrogen and oxygen atoms in total. The number of allylic oxidation sites excluding steroid dienone is 1. The van der Waals surface area contributed by atoms with E-state index in [0.717, 1.165) is 22.4 Å². The molecule has 0 saturated heterocycles. The third kappa shape index (κ3) is 6.11. The van der Waals surface area contributed by atoms with Crippen LogP contribution in [0.2, 0.25) is 0 Å². The standard InChI is InChI=1S/C27H30FNO2/c1-5-8-23-14-22(17-29-25-12-11-19(3)13-20(25)4)16-26(30-6-2)27(23)31-18-21-9-7-10-24(28)15-21/h5,7,9-16,29H,1,6,8,17-18H2,2-4H3. The summed E-state index contributed by atoms with van der Waals surface area (Å²) in [4.78, 5) is 0. The summed E-state index contributed by atoms with van der Waals surface area (Å²) in [5.74, 6) is 1.10. The van der Waals surface area contributed by atoms with Crippen LogP contribution in [0.25, 0.3) is 0 Å². The number of anilines is 1. The molecule has 0 aliphatic carbocycles. The normalized spacial score (nSPS) is 10.6. The SMILES string of the molecule is C=CCc1cc(CNc2ccc(C)cc2C)cc(OCC)c1OCc1cccc(F)c1. The quantitative estimate of drug-likeness (QED) is 0.368. The Labute approximate surface area is 184 Å². The van der Waals surface area contributed by atoms with Crippen molar-refractivity contribution in [2.24, 2.45) is 0 Å². The van der Waals surface area contributed by atoms with Crippen LogP contribution in [0.4, 0.5) is 10.1 Å². The molecule has 0 radical (unpaired) electrons. The average molecular weight is 420 g/mol. The van der Waals surface area contributed by atoms with Crippen LogP contribution in [-0.4, -0.2) is 6.61 Å². The number of halogens is 1. The maximum Gasteiger partial charge on any atom is 0.165 e. The second-order valence-electron chi connectivity index (χ2n) is 7.60. The fraction of sp³-hybridized carbons (Fsp3) is 0.259. The molecule has 4 heteroatoms. The molecular weight excluding hydrogens is 389 g/mol. The van der Waals surface area contributed by atoms with Crippen molar-refractivity contribution < 1.29 is 13.9 Å². The van der Waals surface area contributed by atoms with Gasteiger partial charge in [-0.1, -0.05) is 35.9 Å². The van der Waals surface area contributed by atoms with Gasteiger partial charge in [-0.25, -0.2) is 4.39 Å². The highest BCUT2D eigenvalue weighted by atomic mass is 19.1. The average Bonchev–Trinajstić information content (AvgIpc) is 2.73. The third-order valence-electron chi connectivity index (χ3n) is 4.99. The maximum absolute atomic E-state index is 13.5. The van der Waals surface area contributed by atoms with Crippen LogP contribution in [0.5, 0.6) is 11.5 Å². The molecule has 0 fully saturated rings. The van der Waals surface area contributed by atoms with Crippen molar-refractivity contribution in [3.05, 3.63) is 101 Å². The van der Waals surface area contributed by atoms with Gasteiger partial charge in [0.15, 0.2) is 11.5 Å². The first-order valence-corrected chi connectivity index (χ1v) is 10.6. The summed E-state index contributed by atoms with van der Waals surface area (Å²) >= 11 is 0. The largest absolute Gasteiger partial charge is 0.490 e. The van der Waals surface area contributed by atoms with Crippen LogP contribution >= 0.6 is 0 Å². The molecule has 3 aromatic carbocycles. The van der Waals surface area contributed by atoms with Gasteiger partial charge in [0, 0.05) is 17.8 Å². The summed E-state index contributed by atoms with van der Waals surface area (Å²) in [5.41, 5.74) is 6.43. The van der Waals surface area contributed by atoms with Gasteiger partial charge >= 0.3 is 0 Å². The van der Waals surface area contributed by atoms with Crippen LogP contribution in [-0.2, 0) is 19.6 Å². The molecule has 0 heterocycles. The van der Waals surface area contributed by atoms with Gasteiger partial charge in [-0.15, -0.1) is 6.58 Å². The van der Waals surface area contributed by atoms with Crippen LogP contribution in [0, 0.1) is 19.7 Å². The molecular formula is C27H30FNO2. The first-order valence-electron chi connectivity index (χ1n) is 10.6. The van der Waals surface area contributed by atoms with Crippen molar-refractivity contribution in [2.45, 2.75) is 40.3 Å². The number of rotatable bonds is 10. The molecule has 1 N–H and O–H groups in total. The minimum absolute atomic E-state index is 0.266. The van der Waals surface area contributed by atoms with Crippen LogP contribution in [0.3, 0.4) is 0 Å². The number of hydrogen-bond donors (Lipinski definition) is 1. The smallest absolute Gasteiger partial charge is 0.165 e. The van der Waals surface area contributed by atoms with Gasteiger partial charge in [-0.3, -0.25) is 0 Å². The number of benzene rings is 3. The Bertz CT molecular complexity index is 1050. The second kappa shape index (κ2) is 10.7. The van der Waals surface area contributed by atoms with Crippen LogP contribution in [0.15, 0.2) is 67.3 Å². The van der Waals surface area contributed by atoms with E-state index in [4.69, 9.17) is 9.47 Å². The maximum atomic E-state index is 13.5.